The molecule has 3 nitrogen and oxygen atoms in total. The molecule has 0 fully saturated rings. The predicted octanol–water partition coefficient (Wildman–Crippen LogP) is 4.63. The molecular formula is C15H11Cl2N3. The second-order valence-corrected chi connectivity index (χ2v) is 5.32. The van der Waals surface area contributed by atoms with Gasteiger partial charge in [-0.15, -0.1) is 0 Å². The van der Waals surface area contributed by atoms with E-state index in [1.165, 1.54) is 0 Å². The highest BCUT2D eigenvalue weighted by atomic mass is 35.5. The number of rotatable bonds is 1. The Morgan fingerprint density at radius 1 is 1.25 bits per heavy atom. The molecule has 0 radical (unpaired) electrons. The minimum atomic E-state index is -0.395. The summed E-state index contributed by atoms with van der Waals surface area (Å²) >= 11 is 12.0. The molecule has 1 atom stereocenters. The van der Waals surface area contributed by atoms with Crippen LogP contribution in [0.1, 0.15) is 25.3 Å². The molecule has 1 aromatic carbocycles. The van der Waals surface area contributed by atoms with E-state index in [1.54, 1.807) is 18.2 Å². The molecule has 0 aliphatic carbocycles. The van der Waals surface area contributed by atoms with Gasteiger partial charge >= 0.3 is 0 Å². The lowest BCUT2D eigenvalue weighted by molar-refractivity contribution is 0.810. The molecular weight excluding hydrogens is 293 g/mol. The molecule has 0 amide bonds. The standard InChI is InChI=1S/C15H11Cl2N3/c1-8-11(7-18)14(15(19-3)9(2)20-8)10-4-5-12(16)13(17)6-10/h4-6,14,20H,1-2H3. The lowest BCUT2D eigenvalue weighted by atomic mass is 9.85. The molecule has 100 valence electrons. The van der Waals surface area contributed by atoms with Gasteiger partial charge in [0.05, 0.1) is 34.2 Å². The van der Waals surface area contributed by atoms with E-state index >= 15 is 0 Å². The Balaban J connectivity index is 2.66. The van der Waals surface area contributed by atoms with Gasteiger partial charge < -0.3 is 5.32 Å². The van der Waals surface area contributed by atoms with E-state index in [1.807, 2.05) is 13.8 Å². The molecule has 0 aromatic heterocycles. The van der Waals surface area contributed by atoms with E-state index in [0.717, 1.165) is 17.0 Å². The lowest BCUT2D eigenvalue weighted by Gasteiger charge is -2.26. The third-order valence-corrected chi connectivity index (χ3v) is 3.98. The number of halogens is 2. The van der Waals surface area contributed by atoms with Crippen LogP contribution in [0.4, 0.5) is 0 Å². The van der Waals surface area contributed by atoms with Crippen LogP contribution in [0.15, 0.2) is 40.9 Å². The highest BCUT2D eigenvalue weighted by Gasteiger charge is 2.30. The van der Waals surface area contributed by atoms with Crippen LogP contribution in [-0.2, 0) is 0 Å². The van der Waals surface area contributed by atoms with Gasteiger partial charge in [0.15, 0.2) is 5.70 Å². The Hall–Kier alpha value is -1.94. The SMILES string of the molecule is [C-]#[N+]C1=C(C)NC(C)=C(C#N)C1c1ccc(Cl)c(Cl)c1. The van der Waals surface area contributed by atoms with E-state index in [-0.39, 0.29) is 0 Å². The van der Waals surface area contributed by atoms with Crippen molar-refractivity contribution in [3.8, 4) is 6.07 Å². The van der Waals surface area contributed by atoms with Gasteiger partial charge in [0.25, 0.3) is 0 Å². The maximum Gasteiger partial charge on any atom is 0.196 e. The Bertz CT molecular complexity index is 682. The van der Waals surface area contributed by atoms with E-state index in [4.69, 9.17) is 29.8 Å². The van der Waals surface area contributed by atoms with Gasteiger partial charge in [-0.1, -0.05) is 29.3 Å². The molecule has 1 aliphatic rings. The summed E-state index contributed by atoms with van der Waals surface area (Å²) < 4.78 is 0. The fraction of sp³-hybridized carbons (Fsp3) is 0.200. The van der Waals surface area contributed by atoms with Crippen LogP contribution < -0.4 is 5.32 Å². The summed E-state index contributed by atoms with van der Waals surface area (Å²) in [6.07, 6.45) is 0. The van der Waals surface area contributed by atoms with Crippen LogP contribution in [0, 0.1) is 17.9 Å². The van der Waals surface area contributed by atoms with E-state index in [0.29, 0.717) is 21.3 Å². The van der Waals surface area contributed by atoms with Crippen molar-refractivity contribution in [2.75, 3.05) is 0 Å². The number of nitrogens with one attached hydrogen (secondary N) is 1. The maximum atomic E-state index is 9.38. The smallest absolute Gasteiger partial charge is 0.196 e. The number of hydrogen-bond donors (Lipinski definition) is 1. The van der Waals surface area contributed by atoms with E-state index < -0.39 is 5.92 Å². The Labute approximate surface area is 127 Å². The maximum absolute atomic E-state index is 9.38. The number of hydrogen-bond acceptors (Lipinski definition) is 2. The molecule has 1 aliphatic heterocycles. The lowest BCUT2D eigenvalue weighted by Crippen LogP contribution is -2.22. The first kappa shape index (κ1) is 14.5. The minimum Gasteiger partial charge on any atom is -0.372 e. The first-order chi connectivity index (χ1) is 9.49. The molecule has 0 bridgehead atoms. The monoisotopic (exact) mass is 303 g/mol. The van der Waals surface area contributed by atoms with Crippen molar-refractivity contribution in [3.63, 3.8) is 0 Å². The number of nitriles is 1. The molecule has 1 N–H and O–H groups in total. The second-order valence-electron chi connectivity index (χ2n) is 4.50. The van der Waals surface area contributed by atoms with Crippen molar-refractivity contribution >= 4 is 23.2 Å². The first-order valence-corrected chi connectivity index (χ1v) is 6.66. The van der Waals surface area contributed by atoms with Gasteiger partial charge in [-0.25, -0.2) is 4.85 Å². The van der Waals surface area contributed by atoms with Gasteiger partial charge in [-0.05, 0) is 31.5 Å². The first-order valence-electron chi connectivity index (χ1n) is 5.90. The van der Waals surface area contributed by atoms with Crippen LogP contribution in [0.3, 0.4) is 0 Å². The summed E-state index contributed by atoms with van der Waals surface area (Å²) in [5.74, 6) is -0.395. The zero-order valence-electron chi connectivity index (χ0n) is 11.0. The van der Waals surface area contributed by atoms with Gasteiger partial charge in [0, 0.05) is 11.4 Å². The van der Waals surface area contributed by atoms with Crippen LogP contribution in [0.5, 0.6) is 0 Å². The topological polar surface area (TPSA) is 40.2 Å². The van der Waals surface area contributed by atoms with Crippen molar-refractivity contribution in [1.82, 2.24) is 5.32 Å². The zero-order chi connectivity index (χ0) is 14.9. The molecule has 0 saturated carbocycles. The molecule has 2 rings (SSSR count). The van der Waals surface area contributed by atoms with Crippen LogP contribution in [0.2, 0.25) is 10.0 Å². The van der Waals surface area contributed by atoms with E-state index in [9.17, 15) is 5.26 Å². The van der Waals surface area contributed by atoms with Crippen molar-refractivity contribution in [3.05, 3.63) is 67.9 Å². The van der Waals surface area contributed by atoms with E-state index in [2.05, 4.69) is 16.2 Å². The largest absolute Gasteiger partial charge is 0.372 e. The normalized spacial score (nSPS) is 18.4. The summed E-state index contributed by atoms with van der Waals surface area (Å²) in [5.41, 5.74) is 3.34. The van der Waals surface area contributed by atoms with Crippen molar-refractivity contribution in [2.24, 2.45) is 0 Å². The van der Waals surface area contributed by atoms with Crippen molar-refractivity contribution < 1.29 is 0 Å². The average molecular weight is 304 g/mol. The number of allylic oxidation sites excluding steroid dienone is 3. The summed E-state index contributed by atoms with van der Waals surface area (Å²) in [6.45, 7) is 11.0. The van der Waals surface area contributed by atoms with Gasteiger partial charge in [-0.3, -0.25) is 0 Å². The average Bonchev–Trinajstić information content (AvgIpc) is 2.41. The Morgan fingerprint density at radius 2 is 1.95 bits per heavy atom. The summed E-state index contributed by atoms with van der Waals surface area (Å²) in [7, 11) is 0. The minimum absolute atomic E-state index is 0.395. The quantitative estimate of drug-likeness (QED) is 0.768. The number of benzene rings is 1. The molecule has 0 spiro atoms. The van der Waals surface area contributed by atoms with Crippen molar-refractivity contribution in [2.45, 2.75) is 19.8 Å². The third kappa shape index (κ3) is 2.39. The molecule has 1 heterocycles. The highest BCUT2D eigenvalue weighted by Crippen LogP contribution is 2.39. The van der Waals surface area contributed by atoms with Crippen LogP contribution in [0.25, 0.3) is 4.85 Å². The number of dihydropyridines is 1. The Kier molecular flexibility index (Phi) is 4.04. The fourth-order valence-corrected chi connectivity index (χ4v) is 2.60. The molecule has 0 saturated heterocycles. The van der Waals surface area contributed by atoms with Gasteiger partial charge in [-0.2, -0.15) is 5.26 Å². The molecule has 1 aromatic rings. The zero-order valence-corrected chi connectivity index (χ0v) is 12.5. The third-order valence-electron chi connectivity index (χ3n) is 3.24. The van der Waals surface area contributed by atoms with Gasteiger partial charge in [0.2, 0.25) is 0 Å². The summed E-state index contributed by atoms with van der Waals surface area (Å²) in [6, 6.07) is 7.38. The van der Waals surface area contributed by atoms with Gasteiger partial charge in [0.1, 0.15) is 0 Å². The fourth-order valence-electron chi connectivity index (χ4n) is 2.30. The summed E-state index contributed by atoms with van der Waals surface area (Å²) in [4.78, 5) is 3.58. The molecule has 20 heavy (non-hydrogen) atoms. The molecule has 5 heteroatoms. The van der Waals surface area contributed by atoms with Crippen molar-refractivity contribution in [1.29, 1.82) is 5.26 Å². The number of nitrogens with zero attached hydrogens (tertiary/aromatic N) is 2. The predicted molar refractivity (Wildman–Crippen MR) is 80.0 cm³/mol. The Morgan fingerprint density at radius 3 is 2.50 bits per heavy atom. The van der Waals surface area contributed by atoms with Crippen LogP contribution >= 0.6 is 23.2 Å². The summed E-state index contributed by atoms with van der Waals surface area (Å²) in [5, 5.41) is 13.3. The van der Waals surface area contributed by atoms with Crippen LogP contribution in [-0.4, -0.2) is 0 Å². The highest BCUT2D eigenvalue weighted by molar-refractivity contribution is 6.42. The second kappa shape index (κ2) is 5.59. The molecule has 1 unspecified atom stereocenters.